The highest BCUT2D eigenvalue weighted by molar-refractivity contribution is 7.80. The average molecular weight is 500 g/mol. The van der Waals surface area contributed by atoms with Crippen LogP contribution in [0.2, 0.25) is 0 Å². The zero-order valence-electron chi connectivity index (χ0n) is 18.6. The number of nitrogens with one attached hydrogen (secondary N) is 2. The number of amides is 5. The molecule has 0 radical (unpaired) electrons. The van der Waals surface area contributed by atoms with E-state index in [0.29, 0.717) is 10.8 Å². The number of carbonyl (C=O) groups excluding carboxylic acids is 3. The van der Waals surface area contributed by atoms with Crippen molar-refractivity contribution in [2.45, 2.75) is 51.2 Å². The lowest BCUT2D eigenvalue weighted by molar-refractivity contribution is -0.126. The second-order valence-electron chi connectivity index (χ2n) is 8.79. The molecule has 34 heavy (non-hydrogen) atoms. The van der Waals surface area contributed by atoms with Crippen molar-refractivity contribution in [1.29, 1.82) is 0 Å². The van der Waals surface area contributed by atoms with Gasteiger partial charge in [-0.2, -0.15) is 13.5 Å². The summed E-state index contributed by atoms with van der Waals surface area (Å²) in [5.41, 5.74) is 4.27. The van der Waals surface area contributed by atoms with Crippen molar-refractivity contribution in [2.75, 3.05) is 11.4 Å². The van der Waals surface area contributed by atoms with Crippen LogP contribution < -0.4 is 15.8 Å². The van der Waals surface area contributed by atoms with Gasteiger partial charge in [-0.15, -0.1) is 4.28 Å². The number of anilines is 1. The number of piperidine rings is 1. The number of benzene rings is 1. The first-order valence-corrected chi connectivity index (χ1v) is 11.6. The summed E-state index contributed by atoms with van der Waals surface area (Å²) in [6, 6.07) is 3.19. The van der Waals surface area contributed by atoms with Gasteiger partial charge >= 0.3 is 22.5 Å². The van der Waals surface area contributed by atoms with E-state index in [9.17, 15) is 32.7 Å². The van der Waals surface area contributed by atoms with Crippen molar-refractivity contribution in [3.05, 3.63) is 29.8 Å². The molecule has 186 valence electrons. The van der Waals surface area contributed by atoms with Crippen molar-refractivity contribution in [2.24, 2.45) is 0 Å². The molecular formula is C19H25N5O9S. The van der Waals surface area contributed by atoms with Gasteiger partial charge in [0.15, 0.2) is 0 Å². The molecule has 0 aromatic heterocycles. The summed E-state index contributed by atoms with van der Waals surface area (Å²) in [5.74, 6) is -1.37. The fourth-order valence-electron chi connectivity index (χ4n) is 3.92. The normalized spacial score (nSPS) is 20.2. The fourth-order valence-corrected chi connectivity index (χ4v) is 4.31. The second kappa shape index (κ2) is 9.08. The van der Waals surface area contributed by atoms with Crippen LogP contribution in [0, 0.1) is 0 Å². The highest BCUT2D eigenvalue weighted by Gasteiger charge is 2.49. The van der Waals surface area contributed by atoms with Crippen LogP contribution in [-0.4, -0.2) is 76.1 Å². The maximum absolute atomic E-state index is 12.6. The monoisotopic (exact) mass is 499 g/mol. The number of hydrogen-bond acceptors (Lipinski definition) is 7. The number of hydrogen-bond donors (Lipinski definition) is 4. The quantitative estimate of drug-likeness (QED) is 0.335. The number of hydrazine groups is 1. The van der Waals surface area contributed by atoms with Crippen LogP contribution >= 0.6 is 0 Å². The van der Waals surface area contributed by atoms with Gasteiger partial charge in [0, 0.05) is 23.3 Å². The lowest BCUT2D eigenvalue weighted by Gasteiger charge is -2.33. The fraction of sp³-hybridized carbons (Fsp3) is 0.474. The first kappa shape index (κ1) is 25.2. The molecule has 5 amide bonds. The minimum Gasteiger partial charge on any atom is -0.465 e. The van der Waals surface area contributed by atoms with E-state index < -0.39 is 52.0 Å². The van der Waals surface area contributed by atoms with E-state index in [1.165, 1.54) is 24.3 Å². The largest absolute Gasteiger partial charge is 0.465 e. The summed E-state index contributed by atoms with van der Waals surface area (Å²) in [6.45, 7) is 5.19. The first-order chi connectivity index (χ1) is 15.7. The summed E-state index contributed by atoms with van der Waals surface area (Å²) in [5, 5.41) is 9.98. The molecule has 2 fully saturated rings. The second-order valence-corrected chi connectivity index (χ2v) is 9.79. The maximum atomic E-state index is 12.6. The van der Waals surface area contributed by atoms with Gasteiger partial charge in [0.05, 0.1) is 6.04 Å². The van der Waals surface area contributed by atoms with Crippen LogP contribution in [0.3, 0.4) is 0 Å². The number of nitrogens with zero attached hydrogens (tertiary/aromatic N) is 3. The first-order valence-electron chi connectivity index (χ1n) is 10.2. The Morgan fingerprint density at radius 3 is 2.26 bits per heavy atom. The number of fused-ring (bicyclic) bond motifs is 2. The number of carbonyl (C=O) groups is 4. The Hall–Kier alpha value is -3.43. The van der Waals surface area contributed by atoms with Gasteiger partial charge in [0.1, 0.15) is 6.04 Å². The van der Waals surface area contributed by atoms with Crippen LogP contribution in [0.1, 0.15) is 44.0 Å². The molecule has 0 aliphatic carbocycles. The third kappa shape index (κ3) is 5.37. The third-order valence-electron chi connectivity index (χ3n) is 5.35. The molecule has 1 aromatic carbocycles. The molecule has 2 atom stereocenters. The predicted molar refractivity (Wildman–Crippen MR) is 116 cm³/mol. The Balaban J connectivity index is 1.61. The highest BCUT2D eigenvalue weighted by atomic mass is 32.3. The number of urea groups is 1. The van der Waals surface area contributed by atoms with Crippen molar-refractivity contribution < 1.29 is 41.5 Å². The SMILES string of the molecule is CC(C)(C)N(C(=O)O)c1ccc(C(=O)NNC(=O)[C@@H]2CC[C@@H]3CN2C(=O)N3OS(=O)(=O)O)cc1. The molecule has 1 aromatic rings. The molecule has 15 heteroatoms. The Labute approximate surface area is 195 Å². The topological polar surface area (TPSA) is 186 Å². The van der Waals surface area contributed by atoms with E-state index >= 15 is 0 Å². The number of rotatable bonds is 5. The van der Waals surface area contributed by atoms with Gasteiger partial charge in [-0.05, 0) is 57.9 Å². The third-order valence-corrected chi connectivity index (χ3v) is 5.70. The molecule has 0 spiro atoms. The van der Waals surface area contributed by atoms with Crippen molar-refractivity contribution in [1.82, 2.24) is 20.8 Å². The van der Waals surface area contributed by atoms with E-state index in [1.807, 2.05) is 0 Å². The van der Waals surface area contributed by atoms with Gasteiger partial charge in [-0.1, -0.05) is 0 Å². The van der Waals surface area contributed by atoms with Gasteiger partial charge < -0.3 is 10.0 Å². The average Bonchev–Trinajstić information content (AvgIpc) is 2.94. The molecule has 3 rings (SSSR count). The van der Waals surface area contributed by atoms with Crippen LogP contribution in [0.5, 0.6) is 0 Å². The van der Waals surface area contributed by atoms with Gasteiger partial charge in [0.25, 0.3) is 11.8 Å². The van der Waals surface area contributed by atoms with Crippen LogP contribution in [-0.2, 0) is 19.5 Å². The Morgan fingerprint density at radius 2 is 1.74 bits per heavy atom. The number of hydroxylamine groups is 2. The Kier molecular flexibility index (Phi) is 6.73. The summed E-state index contributed by atoms with van der Waals surface area (Å²) >= 11 is 0. The molecule has 2 aliphatic heterocycles. The minimum absolute atomic E-state index is 0.00963. The molecular weight excluding hydrogens is 474 g/mol. The highest BCUT2D eigenvalue weighted by Crippen LogP contribution is 2.30. The zero-order valence-corrected chi connectivity index (χ0v) is 19.4. The van der Waals surface area contributed by atoms with Gasteiger partial charge in [0.2, 0.25) is 0 Å². The zero-order chi connectivity index (χ0) is 25.4. The van der Waals surface area contributed by atoms with E-state index in [-0.39, 0.29) is 24.9 Å². The minimum atomic E-state index is -4.91. The van der Waals surface area contributed by atoms with Crippen molar-refractivity contribution >= 4 is 40.0 Å². The Bertz CT molecular complexity index is 1100. The molecule has 2 saturated heterocycles. The number of carboxylic acid groups (broad SMARTS) is 1. The molecule has 0 saturated carbocycles. The summed E-state index contributed by atoms with van der Waals surface area (Å²) in [7, 11) is -4.91. The van der Waals surface area contributed by atoms with Crippen molar-refractivity contribution in [3.63, 3.8) is 0 Å². The lowest BCUT2D eigenvalue weighted by atomic mass is 10.0. The smallest absolute Gasteiger partial charge is 0.418 e. The maximum Gasteiger partial charge on any atom is 0.418 e. The molecule has 2 heterocycles. The molecule has 2 bridgehead atoms. The molecule has 0 unspecified atom stereocenters. The van der Waals surface area contributed by atoms with E-state index in [4.69, 9.17) is 4.55 Å². The molecule has 14 nitrogen and oxygen atoms in total. The summed E-state index contributed by atoms with van der Waals surface area (Å²) in [6.07, 6.45) is -0.738. The van der Waals surface area contributed by atoms with Crippen LogP contribution in [0.25, 0.3) is 0 Å². The van der Waals surface area contributed by atoms with E-state index in [0.717, 1.165) is 9.80 Å². The van der Waals surface area contributed by atoms with Crippen LogP contribution in [0.4, 0.5) is 15.3 Å². The summed E-state index contributed by atoms with van der Waals surface area (Å²) in [4.78, 5) is 51.2. The van der Waals surface area contributed by atoms with Crippen molar-refractivity contribution in [3.8, 4) is 0 Å². The summed E-state index contributed by atoms with van der Waals surface area (Å²) < 4.78 is 35.0. The molecule has 2 aliphatic rings. The Morgan fingerprint density at radius 1 is 1.12 bits per heavy atom. The van der Waals surface area contributed by atoms with Gasteiger partial charge in [-0.3, -0.25) is 29.9 Å². The lowest BCUT2D eigenvalue weighted by Crippen LogP contribution is -2.54. The van der Waals surface area contributed by atoms with E-state index in [2.05, 4.69) is 15.1 Å². The van der Waals surface area contributed by atoms with Crippen LogP contribution in [0.15, 0.2) is 24.3 Å². The molecule has 4 N–H and O–H groups in total. The predicted octanol–water partition coefficient (Wildman–Crippen LogP) is 0.734. The van der Waals surface area contributed by atoms with Gasteiger partial charge in [-0.25, -0.2) is 9.59 Å². The van der Waals surface area contributed by atoms with E-state index in [1.54, 1.807) is 20.8 Å². The standard InChI is InChI=1S/C19H25N5O9S/c1-19(2,3)23(18(28)29)12-6-4-11(5-7-12)15(25)20-21-16(26)14-9-8-13-10-22(14)17(27)24(13)33-34(30,31)32/h4-7,13-14H,8-10H2,1-3H3,(H,20,25)(H,21,26)(H,28,29)(H,30,31,32)/t13-,14+/m1/s1.